The van der Waals surface area contributed by atoms with E-state index in [1.807, 2.05) is 75.9 Å². The molecule has 7 aromatic rings. The summed E-state index contributed by atoms with van der Waals surface area (Å²) in [5, 5.41) is 7.96. The van der Waals surface area contributed by atoms with Gasteiger partial charge in [-0.25, -0.2) is 24.3 Å². The van der Waals surface area contributed by atoms with Gasteiger partial charge in [0.05, 0.1) is 47.0 Å². The number of carbonyl (C=O) groups is 5. The van der Waals surface area contributed by atoms with Crippen LogP contribution < -0.4 is 20.9 Å². The Morgan fingerprint density at radius 2 is 1.64 bits per heavy atom. The van der Waals surface area contributed by atoms with Crippen molar-refractivity contribution >= 4 is 63.7 Å². The van der Waals surface area contributed by atoms with Gasteiger partial charge in [0.25, 0.3) is 17.7 Å². The van der Waals surface area contributed by atoms with Crippen LogP contribution in [0.1, 0.15) is 82.2 Å². The molecule has 5 aromatic heterocycles. The number of likely N-dealkylation sites (N-methyl/N-ethyl adjacent to an activating group) is 1. The molecule has 0 aliphatic carbocycles. The van der Waals surface area contributed by atoms with Gasteiger partial charge in [0, 0.05) is 125 Å². The van der Waals surface area contributed by atoms with Gasteiger partial charge in [-0.1, -0.05) is 17.9 Å². The summed E-state index contributed by atoms with van der Waals surface area (Å²) in [6, 6.07) is 20.9. The van der Waals surface area contributed by atoms with Gasteiger partial charge in [0.2, 0.25) is 11.8 Å². The molecule has 5 amide bonds. The predicted molar refractivity (Wildman–Crippen MR) is 298 cm³/mol. The number of nitrogens with zero attached hydrogens (tertiary/aromatic N) is 13. The number of nitrogens with one attached hydrogen (secondary N) is 1. The number of aromatic nitrogens is 7. The van der Waals surface area contributed by atoms with E-state index in [1.165, 1.54) is 7.05 Å². The molecule has 0 bridgehead atoms. The lowest BCUT2D eigenvalue weighted by atomic mass is 9.93. The molecule has 1 unspecified atom stereocenters. The quantitative estimate of drug-likeness (QED) is 0.117. The van der Waals surface area contributed by atoms with E-state index in [2.05, 4.69) is 46.9 Å². The Hall–Kier alpha value is -9.03. The van der Waals surface area contributed by atoms with Crippen LogP contribution in [-0.2, 0) is 20.9 Å². The average molecular weight is 1080 g/mol. The first-order chi connectivity index (χ1) is 38.8. The summed E-state index contributed by atoms with van der Waals surface area (Å²) in [5.74, 6) is 6.46. The number of aryl methyl sites for hydroxylation is 1. The third-order valence-electron chi connectivity index (χ3n) is 16.3. The number of hydrogen-bond donors (Lipinski definition) is 2. The Labute approximate surface area is 461 Å². The van der Waals surface area contributed by atoms with Crippen LogP contribution in [0, 0.1) is 30.5 Å². The standard InChI is InChI=1S/C59H60FN15O5/c1-37-66-48-11-10-46(41-16-21-62-51(61)31-41)67-55(48)74(37)43-9-12-49(45(60)32-43)70-29-27-69(28-30-70)22-4-5-38-8-14-52(64-33-38)71-23-17-40(18-24-71)56(77)72-25-19-42(20-26-72)73-36-39(35-65-73)34-63-47-7-3-6-44-54(47)59(80)75(57(44)78)50-13-15-53(76)68(2)58(50)79/h3,6-12,14,16,21,31-33,35-36,40,42,50,63H,13,15,17-20,22-30,34H2,1-2H3,(H2,61,62). The lowest BCUT2D eigenvalue weighted by Gasteiger charge is -2.37. The molecule has 12 rings (SSSR count). The van der Waals surface area contributed by atoms with Gasteiger partial charge in [0.1, 0.15) is 34.8 Å². The lowest BCUT2D eigenvalue weighted by Crippen LogP contribution is -2.54. The van der Waals surface area contributed by atoms with Crippen molar-refractivity contribution in [2.45, 2.75) is 64.1 Å². The fraction of sp³-hybridized carbons (Fsp3) is 0.356. The summed E-state index contributed by atoms with van der Waals surface area (Å²) in [5.41, 5.74) is 12.7. The maximum atomic E-state index is 15.9. The van der Waals surface area contributed by atoms with E-state index in [0.717, 1.165) is 89.9 Å². The van der Waals surface area contributed by atoms with Crippen LogP contribution in [0.4, 0.5) is 27.4 Å². The first-order valence-corrected chi connectivity index (χ1v) is 27.3. The average Bonchev–Trinajstić information content (AvgIpc) is 4.39. The molecule has 0 radical (unpaired) electrons. The van der Waals surface area contributed by atoms with Crippen molar-refractivity contribution < 1.29 is 28.4 Å². The second-order valence-electron chi connectivity index (χ2n) is 21.2. The highest BCUT2D eigenvalue weighted by Crippen LogP contribution is 2.35. The number of benzene rings is 2. The number of pyridine rings is 3. The largest absolute Gasteiger partial charge is 0.384 e. The number of nitrogens with two attached hydrogens (primary N) is 1. The number of anilines is 4. The van der Waals surface area contributed by atoms with E-state index in [1.54, 1.807) is 42.7 Å². The fourth-order valence-electron chi connectivity index (χ4n) is 11.8. The first-order valence-electron chi connectivity index (χ1n) is 27.3. The molecule has 21 heteroatoms. The number of amides is 5. The normalized spacial score (nSPS) is 18.5. The van der Waals surface area contributed by atoms with Crippen LogP contribution in [0.3, 0.4) is 0 Å². The topological polar surface area (TPSA) is 217 Å². The maximum Gasteiger partial charge on any atom is 0.264 e. The molecule has 3 N–H and O–H groups in total. The number of halogens is 1. The smallest absolute Gasteiger partial charge is 0.264 e. The van der Waals surface area contributed by atoms with Gasteiger partial charge >= 0.3 is 0 Å². The van der Waals surface area contributed by atoms with Crippen LogP contribution in [-0.4, -0.2) is 155 Å². The number of imidazole rings is 1. The van der Waals surface area contributed by atoms with E-state index < -0.39 is 23.8 Å². The van der Waals surface area contributed by atoms with E-state index >= 15 is 4.39 Å². The number of rotatable bonds is 11. The van der Waals surface area contributed by atoms with Crippen molar-refractivity contribution in [1.82, 2.24) is 53.9 Å². The Morgan fingerprint density at radius 3 is 2.40 bits per heavy atom. The number of hydrogen-bond acceptors (Lipinski definition) is 15. The summed E-state index contributed by atoms with van der Waals surface area (Å²) >= 11 is 0. The van der Waals surface area contributed by atoms with Crippen LogP contribution >= 0.6 is 0 Å². The van der Waals surface area contributed by atoms with E-state index in [4.69, 9.17) is 15.7 Å². The Morgan fingerprint density at radius 1 is 0.825 bits per heavy atom. The molecular weight excluding hydrogens is 1020 g/mol. The molecule has 5 aliphatic heterocycles. The zero-order chi connectivity index (χ0) is 55.2. The summed E-state index contributed by atoms with van der Waals surface area (Å²) in [4.78, 5) is 94.8. The highest BCUT2D eigenvalue weighted by atomic mass is 19.1. The Bertz CT molecular complexity index is 3640. The summed E-state index contributed by atoms with van der Waals surface area (Å²) in [6.45, 7) is 8.48. The number of imide groups is 2. The monoisotopic (exact) mass is 1080 g/mol. The molecule has 408 valence electrons. The predicted octanol–water partition coefficient (Wildman–Crippen LogP) is 5.71. The van der Waals surface area contributed by atoms with Crippen molar-refractivity contribution in [3.8, 4) is 28.8 Å². The van der Waals surface area contributed by atoms with Gasteiger partial charge in [0.15, 0.2) is 5.65 Å². The number of piperazine rings is 1. The van der Waals surface area contributed by atoms with Gasteiger partial charge in [-0.15, -0.1) is 0 Å². The van der Waals surface area contributed by atoms with Gasteiger partial charge in [-0.3, -0.25) is 47.9 Å². The van der Waals surface area contributed by atoms with Crippen LogP contribution in [0.15, 0.2) is 97.6 Å². The van der Waals surface area contributed by atoms with Crippen molar-refractivity contribution in [3.63, 3.8) is 0 Å². The number of nitrogen functional groups attached to an aromatic ring is 1. The first kappa shape index (κ1) is 51.7. The van der Waals surface area contributed by atoms with Gasteiger partial charge in [-0.2, -0.15) is 5.10 Å². The molecule has 0 spiro atoms. The number of fused-ring (bicyclic) bond motifs is 2. The number of carbonyl (C=O) groups excluding carboxylic acids is 5. The molecule has 10 heterocycles. The highest BCUT2D eigenvalue weighted by molar-refractivity contribution is 6.25. The van der Waals surface area contributed by atoms with E-state index in [0.29, 0.717) is 79.1 Å². The molecule has 80 heavy (non-hydrogen) atoms. The minimum atomic E-state index is -1.02. The minimum absolute atomic E-state index is 0.0371. The molecule has 2 aromatic carbocycles. The molecule has 0 saturated carbocycles. The van der Waals surface area contributed by atoms with E-state index in [9.17, 15) is 24.0 Å². The summed E-state index contributed by atoms with van der Waals surface area (Å²) < 4.78 is 19.7. The fourth-order valence-corrected chi connectivity index (χ4v) is 11.8. The minimum Gasteiger partial charge on any atom is -0.384 e. The second-order valence-corrected chi connectivity index (χ2v) is 21.2. The molecule has 4 saturated heterocycles. The second kappa shape index (κ2) is 21.7. The third-order valence-corrected chi connectivity index (χ3v) is 16.3. The van der Waals surface area contributed by atoms with Crippen molar-refractivity contribution in [2.75, 3.05) is 86.8 Å². The van der Waals surface area contributed by atoms with Gasteiger partial charge in [-0.05, 0) is 99.7 Å². The third kappa shape index (κ3) is 10.1. The zero-order valence-electron chi connectivity index (χ0n) is 44.6. The SMILES string of the molecule is Cc1nc2ccc(-c3ccnc(N)c3)nc2n1-c1ccc(N2CCN(CC#Cc3ccc(N4CCC(C(=O)N5CCC(n6cc(CNc7cccc8c7C(=O)N(C7CCC(=O)N(C)C7=O)C8=O)cn6)CC5)CC4)nc3)CC2)c(F)c1. The molecule has 5 aliphatic rings. The van der Waals surface area contributed by atoms with Crippen molar-refractivity contribution in [2.24, 2.45) is 5.92 Å². The summed E-state index contributed by atoms with van der Waals surface area (Å²) in [7, 11) is 1.37. The Balaban J connectivity index is 0.572. The summed E-state index contributed by atoms with van der Waals surface area (Å²) in [6.07, 6.45) is 10.5. The highest BCUT2D eigenvalue weighted by Gasteiger charge is 2.47. The van der Waals surface area contributed by atoms with Crippen LogP contribution in [0.2, 0.25) is 0 Å². The molecule has 20 nitrogen and oxygen atoms in total. The van der Waals surface area contributed by atoms with Crippen molar-refractivity contribution in [3.05, 3.63) is 131 Å². The lowest BCUT2D eigenvalue weighted by molar-refractivity contribution is -0.149. The Kier molecular flexibility index (Phi) is 14.0. The molecule has 1 atom stereocenters. The van der Waals surface area contributed by atoms with Crippen molar-refractivity contribution in [1.29, 1.82) is 0 Å². The molecular formula is C59H60FN15O5. The number of piperidine rings is 3. The van der Waals surface area contributed by atoms with Crippen LogP contribution in [0.5, 0.6) is 0 Å². The zero-order valence-corrected chi connectivity index (χ0v) is 44.6. The molecule has 4 fully saturated rings. The van der Waals surface area contributed by atoms with Gasteiger partial charge < -0.3 is 25.8 Å². The van der Waals surface area contributed by atoms with Crippen LogP contribution in [0.25, 0.3) is 28.1 Å². The maximum absolute atomic E-state index is 15.9. The van der Waals surface area contributed by atoms with E-state index in [-0.39, 0.29) is 53.6 Å². The number of likely N-dealkylation sites (tertiary alicyclic amines) is 2.